The monoisotopic (exact) mass is 266 g/mol. The minimum Gasteiger partial charge on any atom is -0.384 e. The number of amidine groups is 1. The molecule has 4 nitrogen and oxygen atoms in total. The Labute approximate surface area is 114 Å². The van der Waals surface area contributed by atoms with Crippen molar-refractivity contribution in [3.63, 3.8) is 0 Å². The van der Waals surface area contributed by atoms with Crippen LogP contribution in [0.4, 0.5) is 10.1 Å². The SMILES string of the molecule is CCCN(CCN(C)C)c1cccc(F)c1C(=N)N. The Morgan fingerprint density at radius 3 is 2.47 bits per heavy atom. The summed E-state index contributed by atoms with van der Waals surface area (Å²) in [5.74, 6) is -0.657. The van der Waals surface area contributed by atoms with Gasteiger partial charge >= 0.3 is 0 Å². The van der Waals surface area contributed by atoms with Crippen molar-refractivity contribution in [2.75, 3.05) is 38.6 Å². The smallest absolute Gasteiger partial charge is 0.136 e. The molecule has 0 saturated heterocycles. The molecule has 0 aliphatic carbocycles. The van der Waals surface area contributed by atoms with Crippen LogP contribution < -0.4 is 10.6 Å². The van der Waals surface area contributed by atoms with Gasteiger partial charge in [0.2, 0.25) is 0 Å². The van der Waals surface area contributed by atoms with Crippen LogP contribution in [0, 0.1) is 11.2 Å². The second-order valence-corrected chi connectivity index (χ2v) is 4.84. The third-order valence-corrected chi connectivity index (χ3v) is 2.91. The van der Waals surface area contributed by atoms with E-state index in [2.05, 4.69) is 16.7 Å². The molecule has 1 aromatic carbocycles. The molecule has 0 amide bonds. The Bertz CT molecular complexity index is 431. The van der Waals surface area contributed by atoms with E-state index >= 15 is 0 Å². The number of rotatable bonds is 7. The molecule has 1 aromatic rings. The van der Waals surface area contributed by atoms with Gasteiger partial charge in [-0.25, -0.2) is 4.39 Å². The van der Waals surface area contributed by atoms with Crippen molar-refractivity contribution >= 4 is 11.5 Å². The van der Waals surface area contributed by atoms with Gasteiger partial charge in [-0.3, -0.25) is 5.41 Å². The summed E-state index contributed by atoms with van der Waals surface area (Å²) in [6, 6.07) is 4.83. The minimum absolute atomic E-state index is 0.203. The standard InChI is InChI=1S/C14H23FN4/c1-4-8-19(10-9-18(2)3)12-7-5-6-11(15)13(12)14(16)17/h5-7H,4,8-10H2,1-3H3,(H3,16,17). The van der Waals surface area contributed by atoms with Crippen molar-refractivity contribution in [3.05, 3.63) is 29.6 Å². The third kappa shape index (κ3) is 4.21. The molecule has 0 unspecified atom stereocenters. The fourth-order valence-corrected chi connectivity index (χ4v) is 1.99. The molecule has 0 aromatic heterocycles. The third-order valence-electron chi connectivity index (χ3n) is 2.91. The predicted octanol–water partition coefficient (Wildman–Crippen LogP) is 1.89. The zero-order chi connectivity index (χ0) is 14.4. The average Bonchev–Trinajstić information content (AvgIpc) is 2.33. The number of hydrogen-bond donors (Lipinski definition) is 2. The van der Waals surface area contributed by atoms with E-state index in [4.69, 9.17) is 11.1 Å². The summed E-state index contributed by atoms with van der Waals surface area (Å²) in [4.78, 5) is 4.16. The van der Waals surface area contributed by atoms with Crippen LogP contribution in [0.25, 0.3) is 0 Å². The number of benzene rings is 1. The van der Waals surface area contributed by atoms with E-state index in [1.54, 1.807) is 6.07 Å². The maximum atomic E-state index is 13.8. The summed E-state index contributed by atoms with van der Waals surface area (Å²) in [5, 5.41) is 7.56. The van der Waals surface area contributed by atoms with Gasteiger partial charge in [0, 0.05) is 19.6 Å². The first-order chi connectivity index (χ1) is 8.97. The largest absolute Gasteiger partial charge is 0.384 e. The van der Waals surface area contributed by atoms with E-state index in [1.807, 2.05) is 20.2 Å². The number of hydrogen-bond acceptors (Lipinski definition) is 3. The van der Waals surface area contributed by atoms with Crippen molar-refractivity contribution < 1.29 is 4.39 Å². The number of nitrogens with zero attached hydrogens (tertiary/aromatic N) is 2. The fourth-order valence-electron chi connectivity index (χ4n) is 1.99. The van der Waals surface area contributed by atoms with Gasteiger partial charge in [0.15, 0.2) is 0 Å². The lowest BCUT2D eigenvalue weighted by Gasteiger charge is -2.28. The molecular formula is C14H23FN4. The number of nitrogens with two attached hydrogens (primary N) is 1. The minimum atomic E-state index is -0.434. The zero-order valence-electron chi connectivity index (χ0n) is 11.9. The number of likely N-dealkylation sites (N-methyl/N-ethyl adjacent to an activating group) is 1. The van der Waals surface area contributed by atoms with Gasteiger partial charge in [-0.2, -0.15) is 0 Å². The Balaban J connectivity index is 3.07. The summed E-state index contributed by atoms with van der Waals surface area (Å²) in [5.41, 5.74) is 6.42. The molecule has 0 saturated carbocycles. The van der Waals surface area contributed by atoms with E-state index in [9.17, 15) is 4.39 Å². The summed E-state index contributed by atoms with van der Waals surface area (Å²) < 4.78 is 13.8. The summed E-state index contributed by atoms with van der Waals surface area (Å²) in [6.07, 6.45) is 0.960. The van der Waals surface area contributed by atoms with Gasteiger partial charge < -0.3 is 15.5 Å². The Morgan fingerprint density at radius 1 is 1.26 bits per heavy atom. The molecule has 0 atom stereocenters. The van der Waals surface area contributed by atoms with E-state index in [-0.39, 0.29) is 11.4 Å². The average molecular weight is 266 g/mol. The fraction of sp³-hybridized carbons (Fsp3) is 0.500. The highest BCUT2D eigenvalue weighted by Crippen LogP contribution is 2.23. The van der Waals surface area contributed by atoms with Crippen molar-refractivity contribution in [1.82, 2.24) is 4.90 Å². The number of halogens is 1. The molecule has 0 fully saturated rings. The topological polar surface area (TPSA) is 56.4 Å². The molecule has 3 N–H and O–H groups in total. The quantitative estimate of drug-likeness (QED) is 0.585. The number of nitrogen functional groups attached to an aromatic ring is 1. The highest BCUT2D eigenvalue weighted by atomic mass is 19.1. The van der Waals surface area contributed by atoms with Crippen LogP contribution in [0.1, 0.15) is 18.9 Å². The highest BCUT2D eigenvalue weighted by molar-refractivity contribution is 6.00. The number of nitrogens with one attached hydrogen (secondary N) is 1. The van der Waals surface area contributed by atoms with Crippen molar-refractivity contribution in [3.8, 4) is 0 Å². The molecule has 19 heavy (non-hydrogen) atoms. The van der Waals surface area contributed by atoms with Crippen LogP contribution >= 0.6 is 0 Å². The Morgan fingerprint density at radius 2 is 1.95 bits per heavy atom. The lowest BCUT2D eigenvalue weighted by atomic mass is 10.1. The summed E-state index contributed by atoms with van der Waals surface area (Å²) >= 11 is 0. The summed E-state index contributed by atoms with van der Waals surface area (Å²) in [6.45, 7) is 4.55. The van der Waals surface area contributed by atoms with E-state index in [1.165, 1.54) is 6.07 Å². The number of anilines is 1. The first kappa shape index (κ1) is 15.4. The first-order valence-corrected chi connectivity index (χ1v) is 6.50. The molecule has 1 rings (SSSR count). The van der Waals surface area contributed by atoms with Gasteiger partial charge in [0.05, 0.1) is 11.3 Å². The Hall–Kier alpha value is -1.62. The van der Waals surface area contributed by atoms with Gasteiger partial charge in [-0.1, -0.05) is 13.0 Å². The molecule has 0 aliphatic heterocycles. The van der Waals surface area contributed by atoms with Crippen LogP contribution in [-0.2, 0) is 0 Å². The molecule has 0 bridgehead atoms. The second kappa shape index (κ2) is 7.09. The van der Waals surface area contributed by atoms with Gasteiger partial charge in [0.1, 0.15) is 11.7 Å². The summed E-state index contributed by atoms with van der Waals surface area (Å²) in [7, 11) is 4.00. The molecule has 0 aliphatic rings. The maximum Gasteiger partial charge on any atom is 0.136 e. The first-order valence-electron chi connectivity index (χ1n) is 6.50. The lowest BCUT2D eigenvalue weighted by Crippen LogP contribution is -2.34. The van der Waals surface area contributed by atoms with Gasteiger partial charge in [-0.05, 0) is 32.6 Å². The van der Waals surface area contributed by atoms with Crippen LogP contribution in [0.3, 0.4) is 0 Å². The van der Waals surface area contributed by atoms with Crippen molar-refractivity contribution in [1.29, 1.82) is 5.41 Å². The maximum absolute atomic E-state index is 13.8. The van der Waals surface area contributed by atoms with E-state index < -0.39 is 5.82 Å². The molecule has 0 radical (unpaired) electrons. The van der Waals surface area contributed by atoms with E-state index in [0.29, 0.717) is 5.69 Å². The van der Waals surface area contributed by atoms with Crippen LogP contribution in [0.5, 0.6) is 0 Å². The van der Waals surface area contributed by atoms with E-state index in [0.717, 1.165) is 26.1 Å². The van der Waals surface area contributed by atoms with Crippen LogP contribution in [0.2, 0.25) is 0 Å². The molecule has 0 heterocycles. The van der Waals surface area contributed by atoms with Crippen molar-refractivity contribution in [2.45, 2.75) is 13.3 Å². The normalized spacial score (nSPS) is 10.8. The van der Waals surface area contributed by atoms with Crippen LogP contribution in [0.15, 0.2) is 18.2 Å². The Kier molecular flexibility index (Phi) is 5.76. The zero-order valence-corrected chi connectivity index (χ0v) is 11.9. The lowest BCUT2D eigenvalue weighted by molar-refractivity contribution is 0.413. The molecule has 0 spiro atoms. The van der Waals surface area contributed by atoms with Crippen LogP contribution in [-0.4, -0.2) is 44.5 Å². The second-order valence-electron chi connectivity index (χ2n) is 4.84. The molecular weight excluding hydrogens is 243 g/mol. The van der Waals surface area contributed by atoms with Crippen molar-refractivity contribution in [2.24, 2.45) is 5.73 Å². The van der Waals surface area contributed by atoms with Gasteiger partial charge in [0.25, 0.3) is 0 Å². The molecule has 106 valence electrons. The van der Waals surface area contributed by atoms with Gasteiger partial charge in [-0.15, -0.1) is 0 Å². The highest BCUT2D eigenvalue weighted by Gasteiger charge is 2.16. The predicted molar refractivity (Wildman–Crippen MR) is 78.5 cm³/mol. The molecule has 5 heteroatoms.